The summed E-state index contributed by atoms with van der Waals surface area (Å²) in [5.74, 6) is 0.522. The molecule has 1 aromatic rings. The minimum atomic E-state index is 0.190. The highest BCUT2D eigenvalue weighted by Crippen LogP contribution is 2.34. The topological polar surface area (TPSA) is 0 Å². The summed E-state index contributed by atoms with van der Waals surface area (Å²) in [7, 11) is 0. The molecule has 11 heavy (non-hydrogen) atoms. The van der Waals surface area contributed by atoms with Crippen molar-refractivity contribution < 1.29 is 0 Å². The number of thiophene rings is 1. The highest BCUT2D eigenvalue weighted by Gasteiger charge is 2.15. The molecular weight excluding hydrogens is 176 g/mol. The van der Waals surface area contributed by atoms with Crippen molar-refractivity contribution in [3.05, 3.63) is 21.9 Å². The molecule has 1 atom stereocenters. The van der Waals surface area contributed by atoms with E-state index in [9.17, 15) is 0 Å². The first-order valence-electron chi connectivity index (χ1n) is 3.81. The van der Waals surface area contributed by atoms with Crippen molar-refractivity contribution in [1.82, 2.24) is 0 Å². The molecule has 1 unspecified atom stereocenters. The van der Waals surface area contributed by atoms with E-state index in [2.05, 4.69) is 32.2 Å². The summed E-state index contributed by atoms with van der Waals surface area (Å²) in [6.45, 7) is 6.41. The Balaban J connectivity index is 2.84. The van der Waals surface area contributed by atoms with Crippen molar-refractivity contribution in [2.24, 2.45) is 5.92 Å². The Hall–Kier alpha value is -0.0100. The number of halogens is 1. The zero-order chi connectivity index (χ0) is 8.43. The van der Waals surface area contributed by atoms with Gasteiger partial charge in [0.1, 0.15) is 0 Å². The molecule has 0 nitrogen and oxygen atoms in total. The summed E-state index contributed by atoms with van der Waals surface area (Å²) in [5.41, 5.74) is 1.32. The quantitative estimate of drug-likeness (QED) is 0.616. The highest BCUT2D eigenvalue weighted by molar-refractivity contribution is 7.10. The molecule has 0 saturated carbocycles. The van der Waals surface area contributed by atoms with E-state index in [0.29, 0.717) is 5.92 Å². The summed E-state index contributed by atoms with van der Waals surface area (Å²) in [5, 5.41) is 2.29. The predicted molar refractivity (Wildman–Crippen MR) is 52.5 cm³/mol. The number of alkyl halides is 1. The SMILES string of the molecule is Cc1ccsc1C(Cl)C(C)C. The zero-order valence-corrected chi connectivity index (χ0v) is 8.67. The fraction of sp³-hybridized carbons (Fsp3) is 0.556. The van der Waals surface area contributed by atoms with Crippen LogP contribution in [0.5, 0.6) is 0 Å². The number of hydrogen-bond donors (Lipinski definition) is 0. The third kappa shape index (κ3) is 1.97. The molecule has 0 aliphatic heterocycles. The zero-order valence-electron chi connectivity index (χ0n) is 7.10. The molecule has 2 heteroatoms. The van der Waals surface area contributed by atoms with Crippen LogP contribution in [-0.4, -0.2) is 0 Å². The fourth-order valence-electron chi connectivity index (χ4n) is 0.970. The van der Waals surface area contributed by atoms with Crippen LogP contribution < -0.4 is 0 Å². The van der Waals surface area contributed by atoms with Gasteiger partial charge in [0.2, 0.25) is 0 Å². The summed E-state index contributed by atoms with van der Waals surface area (Å²) < 4.78 is 0. The van der Waals surface area contributed by atoms with E-state index in [1.807, 2.05) is 0 Å². The van der Waals surface area contributed by atoms with Crippen LogP contribution >= 0.6 is 22.9 Å². The summed E-state index contributed by atoms with van der Waals surface area (Å²) in [4.78, 5) is 1.32. The monoisotopic (exact) mass is 188 g/mol. The second-order valence-electron chi connectivity index (χ2n) is 3.11. The van der Waals surface area contributed by atoms with Crippen LogP contribution in [0.1, 0.15) is 29.7 Å². The maximum atomic E-state index is 6.20. The van der Waals surface area contributed by atoms with E-state index in [0.717, 1.165) is 0 Å². The van der Waals surface area contributed by atoms with E-state index in [-0.39, 0.29) is 5.38 Å². The predicted octanol–water partition coefficient (Wildman–Crippen LogP) is 3.99. The molecule has 1 rings (SSSR count). The molecule has 62 valence electrons. The second-order valence-corrected chi connectivity index (χ2v) is 4.53. The van der Waals surface area contributed by atoms with Crippen LogP contribution in [0.15, 0.2) is 11.4 Å². The van der Waals surface area contributed by atoms with Crippen LogP contribution in [-0.2, 0) is 0 Å². The lowest BCUT2D eigenvalue weighted by atomic mass is 10.1. The fourth-order valence-corrected chi connectivity index (χ4v) is 2.37. The van der Waals surface area contributed by atoms with E-state index < -0.39 is 0 Å². The minimum Gasteiger partial charge on any atom is -0.147 e. The van der Waals surface area contributed by atoms with Crippen molar-refractivity contribution >= 4 is 22.9 Å². The number of aryl methyl sites for hydroxylation is 1. The average Bonchev–Trinajstić information content (AvgIpc) is 2.33. The lowest BCUT2D eigenvalue weighted by molar-refractivity contribution is 0.629. The van der Waals surface area contributed by atoms with Crippen LogP contribution in [0.3, 0.4) is 0 Å². The van der Waals surface area contributed by atoms with Gasteiger partial charge >= 0.3 is 0 Å². The molecule has 0 aliphatic rings. The van der Waals surface area contributed by atoms with Crippen molar-refractivity contribution in [1.29, 1.82) is 0 Å². The molecule has 1 aromatic heterocycles. The molecule has 0 amide bonds. The Morgan fingerprint density at radius 3 is 2.45 bits per heavy atom. The van der Waals surface area contributed by atoms with Gasteiger partial charge in [-0.2, -0.15) is 0 Å². The molecule has 0 aliphatic carbocycles. The third-order valence-corrected chi connectivity index (χ3v) is 3.69. The lowest BCUT2D eigenvalue weighted by Gasteiger charge is -2.11. The maximum Gasteiger partial charge on any atom is 0.0704 e. The summed E-state index contributed by atoms with van der Waals surface area (Å²) in [6.07, 6.45) is 0. The van der Waals surface area contributed by atoms with E-state index in [4.69, 9.17) is 11.6 Å². The molecule has 0 aromatic carbocycles. The van der Waals surface area contributed by atoms with Crippen LogP contribution in [0.25, 0.3) is 0 Å². The first-order chi connectivity index (χ1) is 5.13. The molecule has 1 heterocycles. The van der Waals surface area contributed by atoms with Gasteiger partial charge in [-0.3, -0.25) is 0 Å². The van der Waals surface area contributed by atoms with Gasteiger partial charge in [-0.1, -0.05) is 13.8 Å². The highest BCUT2D eigenvalue weighted by atomic mass is 35.5. The Morgan fingerprint density at radius 1 is 1.45 bits per heavy atom. The van der Waals surface area contributed by atoms with Crippen molar-refractivity contribution in [2.75, 3.05) is 0 Å². The third-order valence-electron chi connectivity index (χ3n) is 1.74. The van der Waals surface area contributed by atoms with Gasteiger partial charge < -0.3 is 0 Å². The average molecular weight is 189 g/mol. The first-order valence-corrected chi connectivity index (χ1v) is 5.12. The van der Waals surface area contributed by atoms with Gasteiger partial charge in [0.25, 0.3) is 0 Å². The Kier molecular flexibility index (Phi) is 2.97. The summed E-state index contributed by atoms with van der Waals surface area (Å²) >= 11 is 7.95. The molecule has 0 bridgehead atoms. The number of hydrogen-bond acceptors (Lipinski definition) is 1. The van der Waals surface area contributed by atoms with Crippen LogP contribution in [0.4, 0.5) is 0 Å². The smallest absolute Gasteiger partial charge is 0.0704 e. The van der Waals surface area contributed by atoms with Gasteiger partial charge in [0.05, 0.1) is 5.38 Å². The minimum absolute atomic E-state index is 0.190. The van der Waals surface area contributed by atoms with E-state index >= 15 is 0 Å². The second kappa shape index (κ2) is 3.59. The van der Waals surface area contributed by atoms with E-state index in [1.54, 1.807) is 11.3 Å². The van der Waals surface area contributed by atoms with Gasteiger partial charge in [-0.25, -0.2) is 0 Å². The Morgan fingerprint density at radius 2 is 2.09 bits per heavy atom. The molecule has 0 saturated heterocycles. The van der Waals surface area contributed by atoms with Gasteiger partial charge in [0, 0.05) is 4.88 Å². The lowest BCUT2D eigenvalue weighted by Crippen LogP contribution is -1.97. The molecular formula is C9H13ClS. The Labute approximate surface area is 77.2 Å². The van der Waals surface area contributed by atoms with Crippen LogP contribution in [0.2, 0.25) is 0 Å². The molecule has 0 radical (unpaired) electrons. The van der Waals surface area contributed by atoms with Gasteiger partial charge in [-0.15, -0.1) is 22.9 Å². The van der Waals surface area contributed by atoms with Gasteiger partial charge in [-0.05, 0) is 29.9 Å². The summed E-state index contributed by atoms with van der Waals surface area (Å²) in [6, 6.07) is 2.12. The van der Waals surface area contributed by atoms with Crippen molar-refractivity contribution in [2.45, 2.75) is 26.1 Å². The largest absolute Gasteiger partial charge is 0.147 e. The number of rotatable bonds is 2. The molecule has 0 fully saturated rings. The van der Waals surface area contributed by atoms with Crippen molar-refractivity contribution in [3.8, 4) is 0 Å². The normalized spacial score (nSPS) is 13.9. The van der Waals surface area contributed by atoms with E-state index in [1.165, 1.54) is 10.4 Å². The van der Waals surface area contributed by atoms with Crippen LogP contribution in [0, 0.1) is 12.8 Å². The molecule has 0 N–H and O–H groups in total. The molecule has 0 spiro atoms. The van der Waals surface area contributed by atoms with Gasteiger partial charge in [0.15, 0.2) is 0 Å². The van der Waals surface area contributed by atoms with Crippen molar-refractivity contribution in [3.63, 3.8) is 0 Å². The Bertz CT molecular complexity index is 227. The maximum absolute atomic E-state index is 6.20. The standard InChI is InChI=1S/C9H13ClS/c1-6(2)8(10)9-7(3)4-5-11-9/h4-6,8H,1-3H3. The first kappa shape index (κ1) is 9.08.